The highest BCUT2D eigenvalue weighted by molar-refractivity contribution is 4.69. The fraction of sp³-hybridized carbons (Fsp3) is 1.00. The highest BCUT2D eigenvalue weighted by atomic mass is 16.5. The average Bonchev–Trinajstić information content (AvgIpc) is 2.34. The molecular formula is C8H17NO. The zero-order valence-corrected chi connectivity index (χ0v) is 6.89. The summed E-state index contributed by atoms with van der Waals surface area (Å²) >= 11 is 0. The van der Waals surface area contributed by atoms with Gasteiger partial charge in [0.15, 0.2) is 0 Å². The number of rotatable bonds is 3. The average molecular weight is 143 g/mol. The molecule has 0 saturated carbocycles. The van der Waals surface area contributed by atoms with E-state index in [0.717, 1.165) is 19.3 Å². The van der Waals surface area contributed by atoms with Gasteiger partial charge in [-0.1, -0.05) is 13.8 Å². The number of nitrogens with one attached hydrogen (secondary N) is 1. The summed E-state index contributed by atoms with van der Waals surface area (Å²) < 4.78 is 5.18. The highest BCUT2D eigenvalue weighted by Gasteiger charge is 2.13. The van der Waals surface area contributed by atoms with Crippen LogP contribution in [-0.4, -0.2) is 19.4 Å². The van der Waals surface area contributed by atoms with Crippen molar-refractivity contribution in [2.45, 2.75) is 32.7 Å². The number of hydrogen-bond donors (Lipinski definition) is 1. The maximum absolute atomic E-state index is 5.18. The summed E-state index contributed by atoms with van der Waals surface area (Å²) in [5, 5.41) is 3.29. The first kappa shape index (κ1) is 8.02. The summed E-state index contributed by atoms with van der Waals surface area (Å²) in [6.45, 7) is 6.18. The first-order valence-corrected chi connectivity index (χ1v) is 4.10. The van der Waals surface area contributed by atoms with E-state index in [0.29, 0.717) is 6.04 Å². The Morgan fingerprint density at radius 1 is 1.60 bits per heavy atom. The molecule has 1 aliphatic rings. The Balaban J connectivity index is 2.01. The van der Waals surface area contributed by atoms with Crippen LogP contribution in [0.1, 0.15) is 26.7 Å². The lowest BCUT2D eigenvalue weighted by Gasteiger charge is -2.09. The predicted octanol–water partition coefficient (Wildman–Crippen LogP) is 1.37. The topological polar surface area (TPSA) is 21.3 Å². The van der Waals surface area contributed by atoms with Crippen molar-refractivity contribution >= 4 is 0 Å². The van der Waals surface area contributed by atoms with Gasteiger partial charge >= 0.3 is 0 Å². The number of hydrogen-bond acceptors (Lipinski definition) is 2. The van der Waals surface area contributed by atoms with Crippen molar-refractivity contribution in [1.29, 1.82) is 0 Å². The molecule has 1 fully saturated rings. The Morgan fingerprint density at radius 2 is 2.40 bits per heavy atom. The zero-order chi connectivity index (χ0) is 7.40. The molecule has 0 radical (unpaired) electrons. The van der Waals surface area contributed by atoms with E-state index in [1.54, 1.807) is 0 Å². The van der Waals surface area contributed by atoms with E-state index in [2.05, 4.69) is 19.2 Å². The van der Waals surface area contributed by atoms with Gasteiger partial charge in [0.25, 0.3) is 0 Å². The fourth-order valence-corrected chi connectivity index (χ4v) is 1.16. The monoisotopic (exact) mass is 143 g/mol. The lowest BCUT2D eigenvalue weighted by atomic mass is 10.0. The summed E-state index contributed by atoms with van der Waals surface area (Å²) in [4.78, 5) is 0. The fourth-order valence-electron chi connectivity index (χ4n) is 1.16. The standard InChI is InChI=1S/C8H17NO/c1-7(2)3-4-8-5-10-6-9-8/h7-9H,3-6H2,1-2H3. The molecule has 0 bridgehead atoms. The molecule has 2 nitrogen and oxygen atoms in total. The van der Waals surface area contributed by atoms with Crippen molar-refractivity contribution in [2.75, 3.05) is 13.3 Å². The van der Waals surface area contributed by atoms with Gasteiger partial charge in [-0.15, -0.1) is 0 Å². The van der Waals surface area contributed by atoms with Gasteiger partial charge in [0.2, 0.25) is 0 Å². The van der Waals surface area contributed by atoms with Crippen molar-refractivity contribution in [1.82, 2.24) is 5.32 Å². The van der Waals surface area contributed by atoms with E-state index in [1.807, 2.05) is 0 Å². The molecule has 1 saturated heterocycles. The van der Waals surface area contributed by atoms with E-state index in [4.69, 9.17) is 4.74 Å². The van der Waals surface area contributed by atoms with Crippen LogP contribution in [0, 0.1) is 5.92 Å². The minimum atomic E-state index is 0.627. The van der Waals surface area contributed by atoms with Crippen molar-refractivity contribution < 1.29 is 4.74 Å². The van der Waals surface area contributed by atoms with Gasteiger partial charge in [-0.2, -0.15) is 0 Å². The minimum Gasteiger partial charge on any atom is -0.365 e. The van der Waals surface area contributed by atoms with Crippen molar-refractivity contribution in [2.24, 2.45) is 5.92 Å². The van der Waals surface area contributed by atoms with Crippen LogP contribution in [0.25, 0.3) is 0 Å². The molecule has 0 amide bonds. The molecule has 0 aliphatic carbocycles. The van der Waals surface area contributed by atoms with Gasteiger partial charge in [0.1, 0.15) is 0 Å². The molecule has 10 heavy (non-hydrogen) atoms. The van der Waals surface area contributed by atoms with E-state index in [1.165, 1.54) is 12.8 Å². The minimum absolute atomic E-state index is 0.627. The van der Waals surface area contributed by atoms with Crippen molar-refractivity contribution in [3.63, 3.8) is 0 Å². The van der Waals surface area contributed by atoms with Gasteiger partial charge < -0.3 is 4.74 Å². The molecule has 0 aromatic heterocycles. The van der Waals surface area contributed by atoms with E-state index >= 15 is 0 Å². The Morgan fingerprint density at radius 3 is 2.90 bits per heavy atom. The normalized spacial score (nSPS) is 26.1. The molecule has 1 unspecified atom stereocenters. The first-order valence-electron chi connectivity index (χ1n) is 4.10. The Labute approximate surface area is 63.0 Å². The maximum atomic E-state index is 5.18. The first-order chi connectivity index (χ1) is 4.79. The smallest absolute Gasteiger partial charge is 0.0968 e. The molecule has 0 spiro atoms. The summed E-state index contributed by atoms with van der Waals surface area (Å²) in [7, 11) is 0. The molecule has 0 aromatic rings. The Bertz CT molecular complexity index is 87.3. The molecule has 1 heterocycles. The third-order valence-electron chi connectivity index (χ3n) is 1.89. The van der Waals surface area contributed by atoms with Gasteiger partial charge in [-0.05, 0) is 18.8 Å². The van der Waals surface area contributed by atoms with E-state index < -0.39 is 0 Å². The Kier molecular flexibility index (Phi) is 3.16. The summed E-state index contributed by atoms with van der Waals surface area (Å²) in [5.41, 5.74) is 0. The van der Waals surface area contributed by atoms with Crippen LogP contribution in [-0.2, 0) is 4.74 Å². The zero-order valence-electron chi connectivity index (χ0n) is 6.89. The second kappa shape index (κ2) is 3.94. The van der Waals surface area contributed by atoms with Gasteiger partial charge in [-0.3, -0.25) is 5.32 Å². The van der Waals surface area contributed by atoms with Crippen LogP contribution in [0.4, 0.5) is 0 Å². The lowest BCUT2D eigenvalue weighted by Crippen LogP contribution is -2.23. The SMILES string of the molecule is CC(C)CCC1COCN1. The summed E-state index contributed by atoms with van der Waals surface area (Å²) in [6.07, 6.45) is 2.57. The van der Waals surface area contributed by atoms with Crippen LogP contribution in [0.2, 0.25) is 0 Å². The molecule has 0 aromatic carbocycles. The highest BCUT2D eigenvalue weighted by Crippen LogP contribution is 2.09. The maximum Gasteiger partial charge on any atom is 0.0968 e. The third-order valence-corrected chi connectivity index (χ3v) is 1.89. The van der Waals surface area contributed by atoms with E-state index in [9.17, 15) is 0 Å². The number of ether oxygens (including phenoxy) is 1. The van der Waals surface area contributed by atoms with Crippen LogP contribution >= 0.6 is 0 Å². The van der Waals surface area contributed by atoms with Crippen LogP contribution < -0.4 is 5.32 Å². The van der Waals surface area contributed by atoms with E-state index in [-0.39, 0.29) is 0 Å². The Hall–Kier alpha value is -0.0800. The van der Waals surface area contributed by atoms with Gasteiger partial charge in [0, 0.05) is 6.04 Å². The molecular weight excluding hydrogens is 126 g/mol. The summed E-state index contributed by atoms with van der Waals surface area (Å²) in [6, 6.07) is 0.627. The van der Waals surface area contributed by atoms with Crippen LogP contribution in [0.15, 0.2) is 0 Å². The molecule has 1 atom stereocenters. The molecule has 1 N–H and O–H groups in total. The predicted molar refractivity (Wildman–Crippen MR) is 41.8 cm³/mol. The largest absolute Gasteiger partial charge is 0.365 e. The van der Waals surface area contributed by atoms with Gasteiger partial charge in [-0.25, -0.2) is 0 Å². The lowest BCUT2D eigenvalue weighted by molar-refractivity contribution is 0.188. The van der Waals surface area contributed by atoms with Crippen molar-refractivity contribution in [3.8, 4) is 0 Å². The summed E-state index contributed by atoms with van der Waals surface area (Å²) in [5.74, 6) is 0.822. The van der Waals surface area contributed by atoms with Crippen LogP contribution in [0.5, 0.6) is 0 Å². The molecule has 1 aliphatic heterocycles. The molecule has 60 valence electrons. The second-order valence-corrected chi connectivity index (χ2v) is 3.39. The van der Waals surface area contributed by atoms with Crippen molar-refractivity contribution in [3.05, 3.63) is 0 Å². The van der Waals surface area contributed by atoms with Gasteiger partial charge in [0.05, 0.1) is 13.3 Å². The van der Waals surface area contributed by atoms with Crippen LogP contribution in [0.3, 0.4) is 0 Å². The molecule has 1 rings (SSSR count). The quantitative estimate of drug-likeness (QED) is 0.644. The molecule has 2 heteroatoms. The second-order valence-electron chi connectivity index (χ2n) is 3.39. The third kappa shape index (κ3) is 2.67.